The van der Waals surface area contributed by atoms with Crippen LogP contribution in [0.4, 0.5) is 0 Å². The van der Waals surface area contributed by atoms with E-state index >= 15 is 0 Å². The largest absolute Gasteiger partial charge is 0.468 e. The number of rotatable bonds is 5. The molecule has 1 heterocycles. The van der Waals surface area contributed by atoms with E-state index < -0.39 is 0 Å². The molecule has 0 spiro atoms. The van der Waals surface area contributed by atoms with Crippen molar-refractivity contribution in [2.75, 3.05) is 7.11 Å². The Morgan fingerprint density at radius 1 is 1.28 bits per heavy atom. The lowest BCUT2D eigenvalue weighted by Crippen LogP contribution is -2.43. The lowest BCUT2D eigenvalue weighted by molar-refractivity contribution is -0.144. The molecule has 1 aromatic rings. The van der Waals surface area contributed by atoms with Crippen molar-refractivity contribution in [1.82, 2.24) is 15.3 Å². The van der Waals surface area contributed by atoms with Crippen LogP contribution in [0.5, 0.6) is 0 Å². The minimum absolute atomic E-state index is 0.0507. The monoisotopic (exact) mass is 251 g/mol. The van der Waals surface area contributed by atoms with Crippen LogP contribution in [-0.2, 0) is 9.53 Å². The third-order valence-corrected chi connectivity index (χ3v) is 2.88. The van der Waals surface area contributed by atoms with Crippen molar-refractivity contribution in [3.05, 3.63) is 23.8 Å². The zero-order valence-electron chi connectivity index (χ0n) is 11.6. The number of carbonyl (C=O) groups excluding carboxylic acids is 1. The highest BCUT2D eigenvalue weighted by Gasteiger charge is 2.25. The fraction of sp³-hybridized carbons (Fsp3) is 0.615. The Balaban J connectivity index is 2.82. The van der Waals surface area contributed by atoms with E-state index in [1.54, 1.807) is 12.4 Å². The summed E-state index contributed by atoms with van der Waals surface area (Å²) in [6, 6.07) is -0.392. The second-order valence-electron chi connectivity index (χ2n) is 4.66. The van der Waals surface area contributed by atoms with E-state index in [0.717, 1.165) is 11.4 Å². The topological polar surface area (TPSA) is 64.1 Å². The summed E-state index contributed by atoms with van der Waals surface area (Å²) in [6.07, 6.45) is 3.31. The van der Waals surface area contributed by atoms with Crippen molar-refractivity contribution in [1.29, 1.82) is 0 Å². The molecule has 1 rings (SSSR count). The van der Waals surface area contributed by atoms with Crippen LogP contribution in [0.1, 0.15) is 38.2 Å². The Kier molecular flexibility index (Phi) is 5.22. The number of hydrogen-bond donors (Lipinski definition) is 1. The maximum Gasteiger partial charge on any atom is 0.323 e. The lowest BCUT2D eigenvalue weighted by Gasteiger charge is -2.24. The molecule has 0 aliphatic rings. The molecular formula is C13H21N3O2. The molecule has 5 heteroatoms. The van der Waals surface area contributed by atoms with Crippen LogP contribution in [0.3, 0.4) is 0 Å². The summed E-state index contributed by atoms with van der Waals surface area (Å²) >= 11 is 0. The minimum Gasteiger partial charge on any atom is -0.468 e. The Morgan fingerprint density at radius 3 is 2.39 bits per heavy atom. The number of esters is 1. The summed E-state index contributed by atoms with van der Waals surface area (Å²) < 4.78 is 4.80. The van der Waals surface area contributed by atoms with E-state index in [-0.39, 0.29) is 24.0 Å². The average molecular weight is 251 g/mol. The van der Waals surface area contributed by atoms with Crippen LogP contribution < -0.4 is 5.32 Å². The third kappa shape index (κ3) is 3.50. The first kappa shape index (κ1) is 14.6. The molecule has 0 radical (unpaired) electrons. The molecular weight excluding hydrogens is 230 g/mol. The Labute approximate surface area is 108 Å². The number of aryl methyl sites for hydroxylation is 1. The van der Waals surface area contributed by atoms with Gasteiger partial charge in [-0.15, -0.1) is 0 Å². The Hall–Kier alpha value is -1.49. The standard InChI is InChI=1S/C13H21N3O2/c1-8(2)11(13(17)18-5)16-10(4)12-9(3)14-6-7-15-12/h6-8,10-11,16H,1-5H3. The van der Waals surface area contributed by atoms with Gasteiger partial charge in [0.05, 0.1) is 18.5 Å². The summed E-state index contributed by atoms with van der Waals surface area (Å²) in [6.45, 7) is 7.83. The summed E-state index contributed by atoms with van der Waals surface area (Å²) in [4.78, 5) is 20.2. The van der Waals surface area contributed by atoms with Gasteiger partial charge in [-0.05, 0) is 19.8 Å². The van der Waals surface area contributed by atoms with Gasteiger partial charge in [0, 0.05) is 18.4 Å². The van der Waals surface area contributed by atoms with E-state index in [1.807, 2.05) is 27.7 Å². The van der Waals surface area contributed by atoms with Crippen LogP contribution >= 0.6 is 0 Å². The number of carbonyl (C=O) groups is 1. The van der Waals surface area contributed by atoms with Crippen molar-refractivity contribution in [3.8, 4) is 0 Å². The SMILES string of the molecule is COC(=O)C(NC(C)c1nccnc1C)C(C)C. The highest BCUT2D eigenvalue weighted by atomic mass is 16.5. The summed E-state index contributed by atoms with van der Waals surface area (Å²) in [5.74, 6) is -0.102. The molecule has 2 unspecified atom stereocenters. The van der Waals surface area contributed by atoms with Gasteiger partial charge in [-0.1, -0.05) is 13.8 Å². The molecule has 0 aromatic carbocycles. The van der Waals surface area contributed by atoms with Crippen molar-refractivity contribution in [2.45, 2.75) is 39.8 Å². The Bertz CT molecular complexity index is 407. The molecule has 0 aliphatic heterocycles. The van der Waals surface area contributed by atoms with Crippen molar-refractivity contribution in [2.24, 2.45) is 5.92 Å². The van der Waals surface area contributed by atoms with E-state index in [2.05, 4.69) is 15.3 Å². The highest BCUT2D eigenvalue weighted by molar-refractivity contribution is 5.76. The molecule has 0 aliphatic carbocycles. The molecule has 1 N–H and O–H groups in total. The molecule has 0 saturated heterocycles. The van der Waals surface area contributed by atoms with Crippen molar-refractivity contribution in [3.63, 3.8) is 0 Å². The van der Waals surface area contributed by atoms with Gasteiger partial charge in [0.15, 0.2) is 0 Å². The van der Waals surface area contributed by atoms with Gasteiger partial charge in [-0.3, -0.25) is 20.1 Å². The van der Waals surface area contributed by atoms with Crippen LogP contribution in [0.25, 0.3) is 0 Å². The molecule has 0 saturated carbocycles. The number of nitrogens with one attached hydrogen (secondary N) is 1. The molecule has 2 atom stereocenters. The fourth-order valence-corrected chi connectivity index (χ4v) is 1.85. The smallest absolute Gasteiger partial charge is 0.323 e. The molecule has 1 aromatic heterocycles. The van der Waals surface area contributed by atoms with E-state index in [9.17, 15) is 4.79 Å². The highest BCUT2D eigenvalue weighted by Crippen LogP contribution is 2.15. The maximum absolute atomic E-state index is 11.7. The molecule has 18 heavy (non-hydrogen) atoms. The van der Waals surface area contributed by atoms with Crippen molar-refractivity contribution < 1.29 is 9.53 Å². The number of aromatic nitrogens is 2. The van der Waals surface area contributed by atoms with Crippen LogP contribution in [0.2, 0.25) is 0 Å². The molecule has 0 fully saturated rings. The lowest BCUT2D eigenvalue weighted by atomic mass is 10.0. The summed E-state index contributed by atoms with van der Waals surface area (Å²) in [7, 11) is 1.40. The second-order valence-corrected chi connectivity index (χ2v) is 4.66. The molecule has 0 amide bonds. The van der Waals surface area contributed by atoms with Crippen molar-refractivity contribution >= 4 is 5.97 Å². The van der Waals surface area contributed by atoms with Crippen LogP contribution in [0, 0.1) is 12.8 Å². The molecule has 0 bridgehead atoms. The van der Waals surface area contributed by atoms with E-state index in [1.165, 1.54) is 7.11 Å². The normalized spacial score (nSPS) is 14.3. The van der Waals surface area contributed by atoms with Gasteiger partial charge in [0.1, 0.15) is 6.04 Å². The van der Waals surface area contributed by atoms with Crippen LogP contribution in [-0.4, -0.2) is 29.1 Å². The fourth-order valence-electron chi connectivity index (χ4n) is 1.85. The quantitative estimate of drug-likeness (QED) is 0.806. The number of hydrogen-bond acceptors (Lipinski definition) is 5. The van der Waals surface area contributed by atoms with Gasteiger partial charge in [-0.25, -0.2) is 0 Å². The van der Waals surface area contributed by atoms with Gasteiger partial charge >= 0.3 is 5.97 Å². The van der Waals surface area contributed by atoms with Gasteiger partial charge in [0.25, 0.3) is 0 Å². The number of methoxy groups -OCH3 is 1. The Morgan fingerprint density at radius 2 is 1.89 bits per heavy atom. The average Bonchev–Trinajstić information content (AvgIpc) is 2.35. The summed E-state index contributed by atoms with van der Waals surface area (Å²) in [5.41, 5.74) is 1.72. The number of nitrogens with zero attached hydrogens (tertiary/aromatic N) is 2. The first-order chi connectivity index (χ1) is 8.47. The molecule has 5 nitrogen and oxygen atoms in total. The van der Waals surface area contributed by atoms with E-state index in [4.69, 9.17) is 4.74 Å². The summed E-state index contributed by atoms with van der Waals surface area (Å²) in [5, 5.41) is 3.25. The zero-order chi connectivity index (χ0) is 13.7. The predicted octanol–water partition coefficient (Wildman–Crippen LogP) is 1.63. The first-order valence-corrected chi connectivity index (χ1v) is 6.08. The van der Waals surface area contributed by atoms with Gasteiger partial charge < -0.3 is 4.74 Å². The third-order valence-electron chi connectivity index (χ3n) is 2.88. The van der Waals surface area contributed by atoms with E-state index in [0.29, 0.717) is 0 Å². The zero-order valence-corrected chi connectivity index (χ0v) is 11.6. The number of ether oxygens (including phenoxy) is 1. The first-order valence-electron chi connectivity index (χ1n) is 6.08. The maximum atomic E-state index is 11.7. The molecule has 100 valence electrons. The predicted molar refractivity (Wildman–Crippen MR) is 69.0 cm³/mol. The van der Waals surface area contributed by atoms with Crippen LogP contribution in [0.15, 0.2) is 12.4 Å². The minimum atomic E-state index is -0.341. The second kappa shape index (κ2) is 6.44. The van der Waals surface area contributed by atoms with Gasteiger partial charge in [0.2, 0.25) is 0 Å². The van der Waals surface area contributed by atoms with Gasteiger partial charge in [-0.2, -0.15) is 0 Å².